The van der Waals surface area contributed by atoms with Gasteiger partial charge in [-0.2, -0.15) is 16.8 Å². The van der Waals surface area contributed by atoms with Crippen LogP contribution in [0.5, 0.6) is 23.0 Å². The van der Waals surface area contributed by atoms with Gasteiger partial charge in [-0.15, -0.1) is 0 Å². The molecule has 0 saturated carbocycles. The molecule has 1 radical (unpaired) electrons. The van der Waals surface area contributed by atoms with Crippen LogP contribution in [0.1, 0.15) is 43.5 Å². The Morgan fingerprint density at radius 3 is 1.14 bits per heavy atom. The second-order valence-corrected chi connectivity index (χ2v) is 12.8. The fraction of sp³-hybridized carbons (Fsp3) is 0.407. The SMILES string of the molecule is CCC.COc1cc(C(C(=O)O)N(CCN(CC(=O)O)[C@H](C(=O)O)c2cc(OC)cc(S(=O)(=O)O)c2O)CC(=O)O)c(O)c(S(=O)(=O)O)c1.[Mn+2]. The fourth-order valence-electron chi connectivity index (χ4n) is 4.43. The number of phenolic OH excluding ortho intramolecular Hbond substituents is 2. The van der Waals surface area contributed by atoms with Gasteiger partial charge in [-0.25, -0.2) is 0 Å². The number of hydrogen-bond donors (Lipinski definition) is 8. The summed E-state index contributed by atoms with van der Waals surface area (Å²) in [5.74, 6) is -10.6. The summed E-state index contributed by atoms with van der Waals surface area (Å²) in [6, 6.07) is -1.59. The first-order valence-corrected chi connectivity index (χ1v) is 16.6. The summed E-state index contributed by atoms with van der Waals surface area (Å²) in [5.41, 5.74) is -1.60. The maximum atomic E-state index is 12.4. The molecule has 23 heteroatoms. The Balaban J connectivity index is 0.00000578. The Kier molecular flexibility index (Phi) is 17.6. The zero-order valence-electron chi connectivity index (χ0n) is 26.7. The molecule has 2 rings (SSSR count). The largest absolute Gasteiger partial charge is 2.00 e. The van der Waals surface area contributed by atoms with Gasteiger partial charge in [0.05, 0.1) is 27.3 Å². The molecule has 0 bridgehead atoms. The number of carboxylic acids is 4. The average molecular weight is 796 g/mol. The summed E-state index contributed by atoms with van der Waals surface area (Å²) in [4.78, 5) is 47.1. The number of rotatable bonds is 17. The van der Waals surface area contributed by atoms with Crippen LogP contribution in [0.3, 0.4) is 0 Å². The van der Waals surface area contributed by atoms with Gasteiger partial charge in [0.25, 0.3) is 20.2 Å². The summed E-state index contributed by atoms with van der Waals surface area (Å²) < 4.78 is 76.3. The van der Waals surface area contributed by atoms with Crippen molar-refractivity contribution in [3.63, 3.8) is 0 Å². The van der Waals surface area contributed by atoms with Crippen molar-refractivity contribution in [2.75, 3.05) is 40.4 Å². The fourth-order valence-corrected chi connectivity index (χ4v) is 5.68. The number of ether oxygens (including phenoxy) is 2. The van der Waals surface area contributed by atoms with Crippen molar-refractivity contribution in [3.8, 4) is 23.0 Å². The molecule has 0 aliphatic carbocycles. The molecule has 8 N–H and O–H groups in total. The summed E-state index contributed by atoms with van der Waals surface area (Å²) in [5, 5.41) is 60.4. The first-order valence-electron chi connectivity index (χ1n) is 13.7. The van der Waals surface area contributed by atoms with Gasteiger partial charge in [-0.05, 0) is 12.1 Å². The molecule has 0 heterocycles. The maximum absolute atomic E-state index is 12.4. The van der Waals surface area contributed by atoms with E-state index in [1.807, 2.05) is 0 Å². The van der Waals surface area contributed by atoms with Crippen molar-refractivity contribution in [1.29, 1.82) is 0 Å². The number of carbonyl (C=O) groups is 4. The molecular formula is C27H36MnN2O18S2+2. The number of benzene rings is 2. The van der Waals surface area contributed by atoms with Crippen LogP contribution >= 0.6 is 0 Å². The van der Waals surface area contributed by atoms with E-state index in [4.69, 9.17) is 9.47 Å². The Bertz CT molecular complexity index is 1640. The van der Waals surface area contributed by atoms with Crippen LogP contribution in [0.2, 0.25) is 0 Å². The van der Waals surface area contributed by atoms with Gasteiger partial charge < -0.3 is 40.1 Å². The van der Waals surface area contributed by atoms with E-state index in [0.717, 1.165) is 26.4 Å². The van der Waals surface area contributed by atoms with Gasteiger partial charge in [0.2, 0.25) is 0 Å². The van der Waals surface area contributed by atoms with E-state index in [9.17, 15) is 75.8 Å². The summed E-state index contributed by atoms with van der Waals surface area (Å²) in [6.45, 7) is 0.164. The van der Waals surface area contributed by atoms with Gasteiger partial charge >= 0.3 is 40.9 Å². The van der Waals surface area contributed by atoms with Crippen LogP contribution in [-0.4, -0.2) is 131 Å². The molecule has 0 amide bonds. The molecule has 20 nitrogen and oxygen atoms in total. The molecule has 0 spiro atoms. The molecule has 50 heavy (non-hydrogen) atoms. The molecule has 0 fully saturated rings. The van der Waals surface area contributed by atoms with Crippen LogP contribution in [0.25, 0.3) is 0 Å². The Hall–Kier alpha value is -4.22. The zero-order chi connectivity index (χ0) is 38.0. The Morgan fingerprint density at radius 1 is 0.660 bits per heavy atom. The van der Waals surface area contributed by atoms with Gasteiger partial charge in [-0.3, -0.25) is 38.1 Å². The van der Waals surface area contributed by atoms with Gasteiger partial charge in [0, 0.05) is 36.3 Å². The van der Waals surface area contributed by atoms with E-state index in [2.05, 4.69) is 13.8 Å². The number of nitrogens with zero attached hydrogens (tertiary/aromatic N) is 2. The monoisotopic (exact) mass is 795 g/mol. The van der Waals surface area contributed by atoms with Gasteiger partial charge in [-0.1, -0.05) is 20.3 Å². The van der Waals surface area contributed by atoms with E-state index in [1.54, 1.807) is 0 Å². The third-order valence-electron chi connectivity index (χ3n) is 6.32. The molecule has 2 aromatic carbocycles. The van der Waals surface area contributed by atoms with Gasteiger partial charge in [0.15, 0.2) is 0 Å². The van der Waals surface area contributed by atoms with E-state index in [-0.39, 0.29) is 17.1 Å². The Labute approximate surface area is 296 Å². The van der Waals surface area contributed by atoms with E-state index < -0.39 is 126 Å². The standard InChI is InChI=1S/C24H28N2O18S2.C3H8.Mn/c1-43-11-5-13(21(31)15(7-11)45(37,38)39)19(23(33)34)25(9-17(27)28)3-4-26(10-18(29)30)20(24(35)36)14-6-12(44-2)8-16(22(14)32)46(40,41)42;1-3-2;/h5-8,19-20,31-32H,3-4,9-10H2,1-2H3,(H,27,28)(H,29,30)(H,33,34)(H,35,36)(H,37,38,39)(H,40,41,42);3H2,1-2H3;/q;;+2/t19-,20?;;/m0../s1. The normalized spacial score (nSPS) is 12.6. The van der Waals surface area contributed by atoms with E-state index >= 15 is 0 Å². The third-order valence-corrected chi connectivity index (χ3v) is 8.06. The van der Waals surface area contributed by atoms with Crippen molar-refractivity contribution >= 4 is 44.1 Å². The summed E-state index contributed by atoms with van der Waals surface area (Å²) >= 11 is 0. The third kappa shape index (κ3) is 12.3. The first kappa shape index (κ1) is 45.8. The zero-order valence-corrected chi connectivity index (χ0v) is 29.6. The molecule has 0 aliphatic rings. The van der Waals surface area contributed by atoms with Crippen molar-refractivity contribution < 1.29 is 102 Å². The Morgan fingerprint density at radius 2 is 0.940 bits per heavy atom. The molecule has 279 valence electrons. The minimum Gasteiger partial charge on any atom is -0.506 e. The van der Waals surface area contributed by atoms with Gasteiger partial charge in [0.1, 0.15) is 44.9 Å². The number of phenols is 2. The molecule has 0 aliphatic heterocycles. The number of aliphatic carboxylic acids is 4. The van der Waals surface area contributed by atoms with Crippen molar-refractivity contribution in [3.05, 3.63) is 35.4 Å². The number of methoxy groups -OCH3 is 2. The van der Waals surface area contributed by atoms with Crippen molar-refractivity contribution in [2.45, 2.75) is 42.1 Å². The minimum absolute atomic E-state index is 0. The van der Waals surface area contributed by atoms with Crippen LogP contribution in [-0.2, 0) is 56.5 Å². The maximum Gasteiger partial charge on any atom is 2.00 e. The second kappa shape index (κ2) is 19.2. The van der Waals surface area contributed by atoms with E-state index in [1.165, 1.54) is 6.42 Å². The van der Waals surface area contributed by atoms with Crippen LogP contribution < -0.4 is 9.47 Å². The first-order chi connectivity index (χ1) is 22.5. The average Bonchev–Trinajstić information content (AvgIpc) is 2.95. The van der Waals surface area contributed by atoms with E-state index in [0.29, 0.717) is 21.9 Å². The second-order valence-electron chi connectivity index (χ2n) is 9.99. The molecular weight excluding hydrogens is 759 g/mol. The van der Waals surface area contributed by atoms with Crippen LogP contribution in [0.4, 0.5) is 0 Å². The quantitative estimate of drug-likeness (QED) is 0.0808. The minimum atomic E-state index is -5.20. The predicted molar refractivity (Wildman–Crippen MR) is 164 cm³/mol. The molecule has 0 aromatic heterocycles. The summed E-state index contributed by atoms with van der Waals surface area (Å²) in [7, 11) is -8.36. The number of aromatic hydroxyl groups is 2. The number of hydrogen-bond acceptors (Lipinski definition) is 14. The molecule has 1 unspecified atom stereocenters. The number of carboxylic acid groups (broad SMARTS) is 4. The molecule has 2 aromatic rings. The summed E-state index contributed by atoms with van der Waals surface area (Å²) in [6.07, 6.45) is 1.25. The predicted octanol–water partition coefficient (Wildman–Crippen LogP) is 0.747. The molecule has 2 atom stereocenters. The van der Waals surface area contributed by atoms with Crippen molar-refractivity contribution in [2.24, 2.45) is 0 Å². The van der Waals surface area contributed by atoms with Crippen LogP contribution in [0, 0.1) is 0 Å². The topological polar surface area (TPSA) is 323 Å². The smallest absolute Gasteiger partial charge is 0.506 e. The van der Waals surface area contributed by atoms with Crippen LogP contribution in [0.15, 0.2) is 34.1 Å². The molecule has 0 saturated heterocycles. The van der Waals surface area contributed by atoms with Crippen molar-refractivity contribution in [1.82, 2.24) is 9.80 Å².